The number of hydrogen-bond donors (Lipinski definition) is 6. The van der Waals surface area contributed by atoms with Crippen LogP contribution in [-0.2, 0) is 51.3 Å². The summed E-state index contributed by atoms with van der Waals surface area (Å²) in [5.74, 6) is -3.04. The molecule has 20 heteroatoms. The van der Waals surface area contributed by atoms with Gasteiger partial charge in [0.05, 0.1) is 57.6 Å². The lowest BCUT2D eigenvalue weighted by molar-refractivity contribution is -0.145. The lowest BCUT2D eigenvalue weighted by atomic mass is 9.85. The molecule has 2 fully saturated rings. The van der Waals surface area contributed by atoms with E-state index in [1.807, 2.05) is 62.4 Å². The zero-order valence-corrected chi connectivity index (χ0v) is 42.7. The molecule has 70 heavy (non-hydrogen) atoms. The molecule has 6 atom stereocenters. The molecule has 6 N–H and O–H groups in total. The zero-order chi connectivity index (χ0) is 50.9. The Morgan fingerprint density at radius 2 is 0.986 bits per heavy atom. The molecule has 2 aromatic carbocycles. The molecule has 2 aliphatic heterocycles. The van der Waals surface area contributed by atoms with E-state index in [-0.39, 0.29) is 52.2 Å². The van der Waals surface area contributed by atoms with E-state index in [4.69, 9.17) is 9.47 Å². The SMILES string of the molecule is Cc1ncsc1-c1ccc(CNC(=O)C2CC(O)CN2C(=O)C(NC(=O)COCCOCC(=O)NC(C(=O)N2CC(O)CC2C(=O)NCc2ccc(-c3scnc3C)cc2)C(C)(C)C)C(C)(C)C)cc1. The summed E-state index contributed by atoms with van der Waals surface area (Å²) in [7, 11) is 0. The highest BCUT2D eigenvalue weighted by atomic mass is 32.1. The van der Waals surface area contributed by atoms with Crippen molar-refractivity contribution < 1.29 is 48.5 Å². The van der Waals surface area contributed by atoms with Crippen molar-refractivity contribution in [1.29, 1.82) is 0 Å². The van der Waals surface area contributed by atoms with Gasteiger partial charge in [0.25, 0.3) is 0 Å². The van der Waals surface area contributed by atoms with Gasteiger partial charge < -0.3 is 50.8 Å². The molecule has 6 rings (SSSR count). The third-order valence-corrected chi connectivity index (χ3v) is 14.2. The van der Waals surface area contributed by atoms with Gasteiger partial charge in [-0.15, -0.1) is 22.7 Å². The van der Waals surface area contributed by atoms with Gasteiger partial charge in [-0.3, -0.25) is 28.8 Å². The molecular weight excluding hydrogens is 937 g/mol. The number of ether oxygens (including phenoxy) is 2. The Labute approximate surface area is 416 Å². The molecule has 0 bridgehead atoms. The second-order valence-electron chi connectivity index (χ2n) is 20.0. The van der Waals surface area contributed by atoms with Gasteiger partial charge in [-0.25, -0.2) is 9.97 Å². The Kier molecular flexibility index (Phi) is 18.0. The third kappa shape index (κ3) is 14.0. The number of amides is 6. The van der Waals surface area contributed by atoms with E-state index >= 15 is 0 Å². The third-order valence-electron chi connectivity index (χ3n) is 12.3. The molecule has 0 aliphatic carbocycles. The predicted molar refractivity (Wildman–Crippen MR) is 265 cm³/mol. The molecule has 2 aliphatic rings. The van der Waals surface area contributed by atoms with Gasteiger partial charge in [-0.2, -0.15) is 0 Å². The number of carbonyl (C=O) groups excluding carboxylic acids is 6. The summed E-state index contributed by atoms with van der Waals surface area (Å²) < 4.78 is 11.0. The topological polar surface area (TPSA) is 242 Å². The molecule has 18 nitrogen and oxygen atoms in total. The second-order valence-corrected chi connectivity index (χ2v) is 21.7. The van der Waals surface area contributed by atoms with E-state index in [1.165, 1.54) is 9.80 Å². The fraction of sp³-hybridized carbons (Fsp3) is 0.520. The van der Waals surface area contributed by atoms with Crippen LogP contribution in [0.3, 0.4) is 0 Å². The number of nitrogens with zero attached hydrogens (tertiary/aromatic N) is 4. The number of carbonyl (C=O) groups is 6. The summed E-state index contributed by atoms with van der Waals surface area (Å²) in [6.45, 7) is 13.9. The number of aryl methyl sites for hydroxylation is 2. The Morgan fingerprint density at radius 3 is 1.30 bits per heavy atom. The van der Waals surface area contributed by atoms with Crippen LogP contribution in [0.5, 0.6) is 0 Å². The Morgan fingerprint density at radius 1 is 0.629 bits per heavy atom. The van der Waals surface area contributed by atoms with Gasteiger partial charge in [0.2, 0.25) is 35.4 Å². The zero-order valence-electron chi connectivity index (χ0n) is 41.1. The molecule has 0 spiro atoms. The van der Waals surface area contributed by atoms with Crippen molar-refractivity contribution in [3.63, 3.8) is 0 Å². The quantitative estimate of drug-likeness (QED) is 0.0741. The van der Waals surface area contributed by atoms with Crippen molar-refractivity contribution in [2.24, 2.45) is 10.8 Å². The molecule has 2 saturated heterocycles. The number of aromatic nitrogens is 2. The molecule has 6 amide bonds. The lowest BCUT2D eigenvalue weighted by Crippen LogP contribution is -2.58. The smallest absolute Gasteiger partial charge is 0.246 e. The van der Waals surface area contributed by atoms with Crippen LogP contribution in [-0.4, -0.2) is 141 Å². The van der Waals surface area contributed by atoms with Gasteiger partial charge in [-0.1, -0.05) is 90.1 Å². The van der Waals surface area contributed by atoms with Crippen molar-refractivity contribution in [2.45, 2.75) is 118 Å². The van der Waals surface area contributed by atoms with E-state index < -0.39 is 95.9 Å². The van der Waals surface area contributed by atoms with Crippen LogP contribution in [0.25, 0.3) is 20.9 Å². The minimum absolute atomic E-state index is 0.0498. The maximum Gasteiger partial charge on any atom is 0.246 e. The van der Waals surface area contributed by atoms with E-state index in [1.54, 1.807) is 75.2 Å². The maximum absolute atomic E-state index is 14.0. The van der Waals surface area contributed by atoms with Crippen molar-refractivity contribution in [1.82, 2.24) is 41.0 Å². The summed E-state index contributed by atoms with van der Waals surface area (Å²) in [5, 5.41) is 32.4. The second kappa shape index (κ2) is 23.5. The highest BCUT2D eigenvalue weighted by molar-refractivity contribution is 7.13. The molecule has 2 aromatic heterocycles. The van der Waals surface area contributed by atoms with Crippen LogP contribution in [0, 0.1) is 24.7 Å². The fourth-order valence-electron chi connectivity index (χ4n) is 8.41. The number of β-amino-alcohol motifs (C(OH)–C–C–N with tert-alkyl or cyclic N) is 2. The number of benzene rings is 2. The normalized spacial score (nSPS) is 19.1. The first-order valence-electron chi connectivity index (χ1n) is 23.4. The van der Waals surface area contributed by atoms with Crippen LogP contribution < -0.4 is 21.3 Å². The van der Waals surface area contributed by atoms with E-state index in [0.717, 1.165) is 43.4 Å². The highest BCUT2D eigenvalue weighted by Crippen LogP contribution is 2.31. The standard InChI is InChI=1S/C50H66N8O10S2/c1-29-41(69-27-53-29)33-13-9-31(10-14-33)21-51-45(63)37-19-35(59)23-57(37)47(65)43(49(3,4)5)55-39(61)25-67-17-18-68-26-40(62)56-44(50(6,7)8)48(66)58-24-36(60)20-38(58)46(64)52-22-32-11-15-34(16-12-32)42-30(2)54-28-70-42/h9-16,27-28,35-38,43-44,59-60H,17-26H2,1-8H3,(H,51,63)(H,52,64)(H,55,61)(H,56,62). The van der Waals surface area contributed by atoms with Gasteiger partial charge in [0, 0.05) is 39.0 Å². The average Bonchev–Trinajstić information content (AvgIpc) is 4.13. The summed E-state index contributed by atoms with van der Waals surface area (Å²) in [6.07, 6.45) is -1.75. The van der Waals surface area contributed by atoms with E-state index in [0.29, 0.717) is 0 Å². The number of likely N-dealkylation sites (tertiary alicyclic amines) is 2. The van der Waals surface area contributed by atoms with Gasteiger partial charge in [-0.05, 0) is 46.9 Å². The average molecular weight is 1000 g/mol. The van der Waals surface area contributed by atoms with Crippen LogP contribution in [0.15, 0.2) is 59.6 Å². The first kappa shape index (κ1) is 53.7. The number of aliphatic hydroxyl groups is 2. The van der Waals surface area contributed by atoms with Crippen LogP contribution in [0.4, 0.5) is 0 Å². The summed E-state index contributed by atoms with van der Waals surface area (Å²) in [6, 6.07) is 11.5. The molecule has 378 valence electrons. The first-order chi connectivity index (χ1) is 33.1. The minimum atomic E-state index is -1.05. The van der Waals surface area contributed by atoms with Crippen LogP contribution >= 0.6 is 22.7 Å². The van der Waals surface area contributed by atoms with Crippen molar-refractivity contribution in [3.05, 3.63) is 82.1 Å². The number of aliphatic hydroxyl groups excluding tert-OH is 2. The Balaban J connectivity index is 0.929. The molecule has 4 heterocycles. The fourth-order valence-corrected chi connectivity index (χ4v) is 10.0. The molecular formula is C50H66N8O10S2. The molecule has 0 saturated carbocycles. The molecule has 0 radical (unpaired) electrons. The van der Waals surface area contributed by atoms with Crippen LogP contribution in [0.2, 0.25) is 0 Å². The van der Waals surface area contributed by atoms with E-state index in [2.05, 4.69) is 31.2 Å². The summed E-state index contributed by atoms with van der Waals surface area (Å²) in [4.78, 5) is 94.6. The molecule has 4 aromatic rings. The Bertz CT molecular complexity index is 2290. The van der Waals surface area contributed by atoms with Gasteiger partial charge in [0.1, 0.15) is 37.4 Å². The van der Waals surface area contributed by atoms with Crippen LogP contribution in [0.1, 0.15) is 76.9 Å². The Hall–Kier alpha value is -5.64. The van der Waals surface area contributed by atoms with Crippen molar-refractivity contribution in [3.8, 4) is 20.9 Å². The van der Waals surface area contributed by atoms with Crippen molar-refractivity contribution in [2.75, 3.05) is 39.5 Å². The first-order valence-corrected chi connectivity index (χ1v) is 25.1. The number of thiazole rings is 2. The van der Waals surface area contributed by atoms with Gasteiger partial charge >= 0.3 is 0 Å². The van der Waals surface area contributed by atoms with Gasteiger partial charge in [0.15, 0.2) is 0 Å². The number of rotatable bonds is 19. The monoisotopic (exact) mass is 1000 g/mol. The van der Waals surface area contributed by atoms with E-state index in [9.17, 15) is 39.0 Å². The lowest BCUT2D eigenvalue weighted by Gasteiger charge is -2.35. The minimum Gasteiger partial charge on any atom is -0.391 e. The summed E-state index contributed by atoms with van der Waals surface area (Å²) in [5.41, 5.74) is 7.70. The number of nitrogens with one attached hydrogen (secondary N) is 4. The predicted octanol–water partition coefficient (Wildman–Crippen LogP) is 3.50. The number of hydrogen-bond acceptors (Lipinski definition) is 14. The molecule has 6 unspecified atom stereocenters. The largest absolute Gasteiger partial charge is 0.391 e. The maximum atomic E-state index is 14.0. The summed E-state index contributed by atoms with van der Waals surface area (Å²) >= 11 is 3.11. The highest BCUT2D eigenvalue weighted by Gasteiger charge is 2.46. The van der Waals surface area contributed by atoms with Crippen molar-refractivity contribution >= 4 is 58.1 Å².